The summed E-state index contributed by atoms with van der Waals surface area (Å²) in [6.07, 6.45) is 1.70. The third kappa shape index (κ3) is 2.48. The Morgan fingerprint density at radius 3 is 2.83 bits per heavy atom. The Bertz CT molecular complexity index is 577. The molecule has 1 aromatic carbocycles. The van der Waals surface area contributed by atoms with E-state index < -0.39 is 0 Å². The molecule has 0 atom stereocenters. The zero-order valence-corrected chi connectivity index (χ0v) is 10.3. The van der Waals surface area contributed by atoms with Crippen molar-refractivity contribution in [1.29, 1.82) is 0 Å². The molecule has 94 valence electrons. The summed E-state index contributed by atoms with van der Waals surface area (Å²) in [5.41, 5.74) is 2.56. The summed E-state index contributed by atoms with van der Waals surface area (Å²) >= 11 is 0. The van der Waals surface area contributed by atoms with Crippen molar-refractivity contribution < 1.29 is 4.92 Å². The molecule has 0 unspecified atom stereocenters. The van der Waals surface area contributed by atoms with E-state index in [0.29, 0.717) is 12.2 Å². The highest BCUT2D eigenvalue weighted by molar-refractivity contribution is 5.62. The van der Waals surface area contributed by atoms with Crippen LogP contribution in [0.4, 0.5) is 11.4 Å². The minimum atomic E-state index is -0.384. The van der Waals surface area contributed by atoms with E-state index >= 15 is 0 Å². The Hall–Kier alpha value is -2.37. The number of nitrogens with zero attached hydrogens (tertiary/aromatic N) is 3. The van der Waals surface area contributed by atoms with E-state index in [0.717, 1.165) is 11.3 Å². The standard InChI is InChI=1S/C12H14N4O2/c1-9-3-4-12(16(17)18)11(7-9)13-8-10-5-6-14-15(10)2/h3-7,13H,8H2,1-2H3. The molecule has 0 aliphatic rings. The third-order valence-corrected chi connectivity index (χ3v) is 2.73. The van der Waals surface area contributed by atoms with E-state index in [4.69, 9.17) is 0 Å². The van der Waals surface area contributed by atoms with Crippen molar-refractivity contribution in [2.75, 3.05) is 5.32 Å². The number of aromatic nitrogens is 2. The first kappa shape index (κ1) is 12.1. The van der Waals surface area contributed by atoms with Gasteiger partial charge in [-0.1, -0.05) is 6.07 Å². The van der Waals surface area contributed by atoms with Crippen LogP contribution in [0.2, 0.25) is 0 Å². The van der Waals surface area contributed by atoms with Gasteiger partial charge in [0.05, 0.1) is 17.2 Å². The van der Waals surface area contributed by atoms with Gasteiger partial charge in [-0.15, -0.1) is 0 Å². The summed E-state index contributed by atoms with van der Waals surface area (Å²) in [7, 11) is 1.83. The number of nitrogens with one attached hydrogen (secondary N) is 1. The van der Waals surface area contributed by atoms with Gasteiger partial charge >= 0.3 is 0 Å². The summed E-state index contributed by atoms with van der Waals surface area (Å²) in [4.78, 5) is 10.5. The van der Waals surface area contributed by atoms with Gasteiger partial charge in [0.15, 0.2) is 0 Å². The average Bonchev–Trinajstić information content (AvgIpc) is 2.72. The zero-order valence-electron chi connectivity index (χ0n) is 10.3. The Morgan fingerprint density at radius 2 is 2.22 bits per heavy atom. The summed E-state index contributed by atoms with van der Waals surface area (Å²) in [6, 6.07) is 6.89. The Morgan fingerprint density at radius 1 is 1.44 bits per heavy atom. The van der Waals surface area contributed by atoms with Gasteiger partial charge in [-0.25, -0.2) is 0 Å². The maximum atomic E-state index is 10.9. The first-order valence-electron chi connectivity index (χ1n) is 5.53. The molecule has 1 N–H and O–H groups in total. The van der Waals surface area contributed by atoms with E-state index in [1.165, 1.54) is 6.07 Å². The summed E-state index contributed by atoms with van der Waals surface area (Å²) < 4.78 is 1.73. The Kier molecular flexibility index (Phi) is 3.27. The van der Waals surface area contributed by atoms with Crippen molar-refractivity contribution in [3.05, 3.63) is 51.8 Å². The molecule has 0 bridgehead atoms. The highest BCUT2D eigenvalue weighted by Crippen LogP contribution is 2.25. The lowest BCUT2D eigenvalue weighted by Gasteiger charge is -2.08. The van der Waals surface area contributed by atoms with Crippen molar-refractivity contribution in [2.24, 2.45) is 7.05 Å². The van der Waals surface area contributed by atoms with Crippen LogP contribution in [-0.2, 0) is 13.6 Å². The quantitative estimate of drug-likeness (QED) is 0.663. The molecule has 1 aromatic heterocycles. The number of nitro groups is 1. The van der Waals surface area contributed by atoms with Crippen LogP contribution < -0.4 is 5.32 Å². The van der Waals surface area contributed by atoms with Crippen LogP contribution in [-0.4, -0.2) is 14.7 Å². The van der Waals surface area contributed by atoms with Crippen molar-refractivity contribution >= 4 is 11.4 Å². The second-order valence-corrected chi connectivity index (χ2v) is 4.08. The maximum absolute atomic E-state index is 10.9. The second kappa shape index (κ2) is 4.87. The number of hydrogen-bond donors (Lipinski definition) is 1. The molecular formula is C12H14N4O2. The molecular weight excluding hydrogens is 232 g/mol. The number of nitro benzene ring substituents is 1. The van der Waals surface area contributed by atoms with Gasteiger partial charge in [0.25, 0.3) is 5.69 Å². The van der Waals surface area contributed by atoms with Gasteiger partial charge in [-0.3, -0.25) is 14.8 Å². The summed E-state index contributed by atoms with van der Waals surface area (Å²) in [5.74, 6) is 0. The molecule has 6 heteroatoms. The molecule has 2 rings (SSSR count). The molecule has 0 radical (unpaired) electrons. The second-order valence-electron chi connectivity index (χ2n) is 4.08. The number of rotatable bonds is 4. The number of hydrogen-bond acceptors (Lipinski definition) is 4. The van der Waals surface area contributed by atoms with Crippen molar-refractivity contribution in [3.8, 4) is 0 Å². The van der Waals surface area contributed by atoms with Crippen LogP contribution in [0.1, 0.15) is 11.3 Å². The van der Waals surface area contributed by atoms with Gasteiger partial charge in [0, 0.05) is 19.3 Å². The minimum absolute atomic E-state index is 0.0859. The molecule has 0 saturated heterocycles. The number of benzene rings is 1. The zero-order chi connectivity index (χ0) is 13.1. The average molecular weight is 246 g/mol. The van der Waals surface area contributed by atoms with Crippen LogP contribution in [0.3, 0.4) is 0 Å². The van der Waals surface area contributed by atoms with Crippen LogP contribution in [0.15, 0.2) is 30.5 Å². The fraction of sp³-hybridized carbons (Fsp3) is 0.250. The lowest BCUT2D eigenvalue weighted by atomic mass is 10.2. The van der Waals surface area contributed by atoms with Crippen LogP contribution in [0, 0.1) is 17.0 Å². The highest BCUT2D eigenvalue weighted by Gasteiger charge is 2.13. The van der Waals surface area contributed by atoms with Gasteiger partial charge in [0.2, 0.25) is 0 Å². The van der Waals surface area contributed by atoms with Gasteiger partial charge in [0.1, 0.15) is 5.69 Å². The van der Waals surface area contributed by atoms with Gasteiger partial charge in [-0.05, 0) is 24.6 Å². The largest absolute Gasteiger partial charge is 0.374 e. The molecule has 18 heavy (non-hydrogen) atoms. The highest BCUT2D eigenvalue weighted by atomic mass is 16.6. The van der Waals surface area contributed by atoms with E-state index in [2.05, 4.69) is 10.4 Å². The Labute approximate surface area is 104 Å². The molecule has 0 aliphatic heterocycles. The SMILES string of the molecule is Cc1ccc([N+](=O)[O-])c(NCc2ccnn2C)c1. The van der Waals surface area contributed by atoms with E-state index in [1.807, 2.05) is 20.0 Å². The molecule has 0 amide bonds. The molecule has 2 aromatic rings. The van der Waals surface area contributed by atoms with Gasteiger partial charge in [-0.2, -0.15) is 5.10 Å². The smallest absolute Gasteiger partial charge is 0.292 e. The van der Waals surface area contributed by atoms with Crippen molar-refractivity contribution in [2.45, 2.75) is 13.5 Å². The first-order chi connectivity index (χ1) is 8.58. The number of aryl methyl sites for hydroxylation is 2. The monoisotopic (exact) mass is 246 g/mol. The third-order valence-electron chi connectivity index (χ3n) is 2.73. The fourth-order valence-corrected chi connectivity index (χ4v) is 1.71. The van der Waals surface area contributed by atoms with Gasteiger partial charge < -0.3 is 5.32 Å². The van der Waals surface area contributed by atoms with Crippen molar-refractivity contribution in [3.63, 3.8) is 0 Å². The molecule has 1 heterocycles. The number of anilines is 1. The van der Waals surface area contributed by atoms with Crippen LogP contribution in [0.25, 0.3) is 0 Å². The van der Waals surface area contributed by atoms with Crippen LogP contribution >= 0.6 is 0 Å². The van der Waals surface area contributed by atoms with E-state index in [-0.39, 0.29) is 10.6 Å². The normalized spacial score (nSPS) is 10.3. The molecule has 0 aliphatic carbocycles. The Balaban J connectivity index is 2.20. The predicted octanol–water partition coefficient (Wildman–Crippen LogP) is 2.25. The van der Waals surface area contributed by atoms with E-state index in [1.54, 1.807) is 23.0 Å². The van der Waals surface area contributed by atoms with Crippen LogP contribution in [0.5, 0.6) is 0 Å². The lowest BCUT2D eigenvalue weighted by molar-refractivity contribution is -0.384. The molecule has 0 saturated carbocycles. The first-order valence-corrected chi connectivity index (χ1v) is 5.53. The fourth-order valence-electron chi connectivity index (χ4n) is 1.71. The summed E-state index contributed by atoms with van der Waals surface area (Å²) in [5, 5.41) is 18.0. The van der Waals surface area contributed by atoms with Crippen molar-refractivity contribution in [1.82, 2.24) is 9.78 Å². The lowest BCUT2D eigenvalue weighted by Crippen LogP contribution is -2.07. The van der Waals surface area contributed by atoms with E-state index in [9.17, 15) is 10.1 Å². The maximum Gasteiger partial charge on any atom is 0.292 e. The molecule has 0 fully saturated rings. The summed E-state index contributed by atoms with van der Waals surface area (Å²) in [6.45, 7) is 2.40. The molecule has 0 spiro atoms. The topological polar surface area (TPSA) is 73.0 Å². The predicted molar refractivity (Wildman–Crippen MR) is 68.4 cm³/mol. The minimum Gasteiger partial charge on any atom is -0.374 e. The molecule has 6 nitrogen and oxygen atoms in total.